The van der Waals surface area contributed by atoms with Crippen molar-refractivity contribution in [2.75, 3.05) is 5.73 Å². The molecule has 1 aromatic heterocycles. The van der Waals surface area contributed by atoms with Crippen LogP contribution in [0.1, 0.15) is 0 Å². The molecule has 6 heteroatoms. The van der Waals surface area contributed by atoms with Crippen molar-refractivity contribution in [3.8, 4) is 11.3 Å². The van der Waals surface area contributed by atoms with Crippen LogP contribution in [0.4, 0.5) is 5.69 Å². The smallest absolute Gasteiger partial charge is 0.156 e. The van der Waals surface area contributed by atoms with Crippen molar-refractivity contribution in [1.29, 1.82) is 0 Å². The first-order valence-corrected chi connectivity index (χ1v) is 5.37. The van der Waals surface area contributed by atoms with E-state index in [1.54, 1.807) is 23.9 Å². The summed E-state index contributed by atoms with van der Waals surface area (Å²) in [6.45, 7) is 0. The minimum absolute atomic E-state index is 0.605. The SMILES string of the molecule is Cn1nnc(Br)c1-c1ccc(Cl)cc1N. The molecule has 0 atom stereocenters. The molecule has 2 aromatic rings. The van der Waals surface area contributed by atoms with Crippen molar-refractivity contribution >= 4 is 33.2 Å². The largest absolute Gasteiger partial charge is 0.398 e. The lowest BCUT2D eigenvalue weighted by Gasteiger charge is -2.05. The molecule has 4 nitrogen and oxygen atoms in total. The summed E-state index contributed by atoms with van der Waals surface area (Å²) in [5.74, 6) is 0. The van der Waals surface area contributed by atoms with Gasteiger partial charge in [-0.25, -0.2) is 4.68 Å². The molecule has 0 saturated carbocycles. The summed E-state index contributed by atoms with van der Waals surface area (Å²) in [6.07, 6.45) is 0. The molecular formula is C9H8BrClN4. The Morgan fingerprint density at radius 3 is 2.73 bits per heavy atom. The maximum atomic E-state index is 5.88. The standard InChI is InChI=1S/C9H8BrClN4/c1-15-8(9(10)13-14-15)6-3-2-5(11)4-7(6)12/h2-4H,12H2,1H3. The Balaban J connectivity index is 2.64. The quantitative estimate of drug-likeness (QED) is 0.820. The van der Waals surface area contributed by atoms with Gasteiger partial charge in [0.1, 0.15) is 5.69 Å². The van der Waals surface area contributed by atoms with Crippen molar-refractivity contribution in [2.45, 2.75) is 0 Å². The number of nitrogens with zero attached hydrogens (tertiary/aromatic N) is 3. The summed E-state index contributed by atoms with van der Waals surface area (Å²) in [7, 11) is 1.81. The molecule has 78 valence electrons. The first kappa shape index (κ1) is 10.4. The van der Waals surface area contributed by atoms with Crippen LogP contribution >= 0.6 is 27.5 Å². The topological polar surface area (TPSA) is 56.7 Å². The van der Waals surface area contributed by atoms with Crippen LogP contribution in [-0.2, 0) is 7.05 Å². The highest BCUT2D eigenvalue weighted by atomic mass is 79.9. The minimum atomic E-state index is 0.605. The van der Waals surface area contributed by atoms with Gasteiger partial charge < -0.3 is 5.73 Å². The van der Waals surface area contributed by atoms with Gasteiger partial charge in [-0.15, -0.1) is 5.10 Å². The maximum absolute atomic E-state index is 5.88. The van der Waals surface area contributed by atoms with Crippen molar-refractivity contribution in [1.82, 2.24) is 15.0 Å². The normalized spacial score (nSPS) is 10.6. The summed E-state index contributed by atoms with van der Waals surface area (Å²) < 4.78 is 2.32. The fraction of sp³-hybridized carbons (Fsp3) is 0.111. The third-order valence-electron chi connectivity index (χ3n) is 2.05. The second-order valence-electron chi connectivity index (χ2n) is 3.08. The van der Waals surface area contributed by atoms with Gasteiger partial charge in [0.05, 0.1) is 0 Å². The van der Waals surface area contributed by atoms with Crippen molar-refractivity contribution in [3.63, 3.8) is 0 Å². The molecule has 0 radical (unpaired) electrons. The molecule has 0 amide bonds. The Bertz CT molecular complexity index is 489. The van der Waals surface area contributed by atoms with E-state index in [1.807, 2.05) is 6.07 Å². The van der Waals surface area contributed by atoms with Crippen LogP contribution in [0.15, 0.2) is 22.8 Å². The molecule has 1 aromatic carbocycles. The number of anilines is 1. The van der Waals surface area contributed by atoms with Crippen LogP contribution in [0.3, 0.4) is 0 Å². The third-order valence-corrected chi connectivity index (χ3v) is 2.82. The average Bonchev–Trinajstić information content (AvgIpc) is 2.48. The Labute approximate surface area is 100 Å². The predicted octanol–water partition coefficient (Wildman–Crippen LogP) is 2.48. The average molecular weight is 288 g/mol. The predicted molar refractivity (Wildman–Crippen MR) is 63.6 cm³/mol. The monoisotopic (exact) mass is 286 g/mol. The van der Waals surface area contributed by atoms with Crippen LogP contribution in [0, 0.1) is 0 Å². The van der Waals surface area contributed by atoms with Crippen LogP contribution in [0.5, 0.6) is 0 Å². The van der Waals surface area contributed by atoms with Gasteiger partial charge >= 0.3 is 0 Å². The summed E-state index contributed by atoms with van der Waals surface area (Å²) in [5, 5.41) is 8.40. The number of halogens is 2. The zero-order valence-corrected chi connectivity index (χ0v) is 10.2. The molecule has 0 unspecified atom stereocenters. The number of aryl methyl sites for hydroxylation is 1. The maximum Gasteiger partial charge on any atom is 0.156 e. The van der Waals surface area contributed by atoms with Gasteiger partial charge in [0.2, 0.25) is 0 Å². The van der Waals surface area contributed by atoms with E-state index in [4.69, 9.17) is 17.3 Å². The molecule has 0 aliphatic heterocycles. The van der Waals surface area contributed by atoms with Crippen molar-refractivity contribution < 1.29 is 0 Å². The lowest BCUT2D eigenvalue weighted by atomic mass is 10.1. The van der Waals surface area contributed by atoms with E-state index in [1.165, 1.54) is 0 Å². The zero-order chi connectivity index (χ0) is 11.0. The van der Waals surface area contributed by atoms with Crippen molar-refractivity contribution in [2.24, 2.45) is 7.05 Å². The van der Waals surface area contributed by atoms with E-state index in [2.05, 4.69) is 26.2 Å². The summed E-state index contributed by atoms with van der Waals surface area (Å²) >= 11 is 9.15. The molecule has 2 rings (SSSR count). The second-order valence-corrected chi connectivity index (χ2v) is 4.27. The molecule has 1 heterocycles. The van der Waals surface area contributed by atoms with Gasteiger partial charge in [-0.3, -0.25) is 0 Å². The summed E-state index contributed by atoms with van der Waals surface area (Å²) in [4.78, 5) is 0. The molecule has 0 spiro atoms. The van der Waals surface area contributed by atoms with Gasteiger partial charge in [-0.05, 0) is 34.1 Å². The van der Waals surface area contributed by atoms with Gasteiger partial charge in [-0.2, -0.15) is 0 Å². The van der Waals surface area contributed by atoms with Crippen LogP contribution in [-0.4, -0.2) is 15.0 Å². The Morgan fingerprint density at radius 1 is 1.47 bits per heavy atom. The van der Waals surface area contributed by atoms with E-state index in [-0.39, 0.29) is 0 Å². The Hall–Kier alpha value is -1.07. The van der Waals surface area contributed by atoms with Gasteiger partial charge in [0.15, 0.2) is 4.60 Å². The van der Waals surface area contributed by atoms with Gasteiger partial charge in [-0.1, -0.05) is 16.8 Å². The third kappa shape index (κ3) is 1.85. The molecule has 15 heavy (non-hydrogen) atoms. The minimum Gasteiger partial charge on any atom is -0.398 e. The number of nitrogens with two attached hydrogens (primary N) is 1. The number of benzene rings is 1. The van der Waals surface area contributed by atoms with Crippen LogP contribution in [0.2, 0.25) is 5.02 Å². The number of rotatable bonds is 1. The van der Waals surface area contributed by atoms with E-state index < -0.39 is 0 Å². The Kier molecular flexibility index (Phi) is 2.67. The van der Waals surface area contributed by atoms with E-state index in [0.29, 0.717) is 15.3 Å². The number of nitrogen functional groups attached to an aromatic ring is 1. The van der Waals surface area contributed by atoms with E-state index in [0.717, 1.165) is 11.3 Å². The molecule has 0 bridgehead atoms. The fourth-order valence-corrected chi connectivity index (χ4v) is 2.09. The van der Waals surface area contributed by atoms with E-state index >= 15 is 0 Å². The van der Waals surface area contributed by atoms with Crippen molar-refractivity contribution in [3.05, 3.63) is 27.8 Å². The first-order chi connectivity index (χ1) is 7.09. The van der Waals surface area contributed by atoms with E-state index in [9.17, 15) is 0 Å². The highest BCUT2D eigenvalue weighted by Gasteiger charge is 2.13. The fourth-order valence-electron chi connectivity index (χ4n) is 1.37. The molecule has 0 aliphatic carbocycles. The lowest BCUT2D eigenvalue weighted by Crippen LogP contribution is -1.97. The molecule has 0 saturated heterocycles. The summed E-state index contributed by atoms with van der Waals surface area (Å²) in [5.41, 5.74) is 8.18. The Morgan fingerprint density at radius 2 is 2.20 bits per heavy atom. The second kappa shape index (κ2) is 3.83. The van der Waals surface area contributed by atoms with Crippen LogP contribution < -0.4 is 5.73 Å². The van der Waals surface area contributed by atoms with Gasteiger partial charge in [0, 0.05) is 23.3 Å². The highest BCUT2D eigenvalue weighted by Crippen LogP contribution is 2.31. The number of aromatic nitrogens is 3. The molecule has 2 N–H and O–H groups in total. The highest BCUT2D eigenvalue weighted by molar-refractivity contribution is 9.10. The van der Waals surface area contributed by atoms with Crippen LogP contribution in [0.25, 0.3) is 11.3 Å². The number of hydrogen-bond acceptors (Lipinski definition) is 3. The molecule has 0 aliphatic rings. The lowest BCUT2D eigenvalue weighted by molar-refractivity contribution is 0.720. The summed E-state index contributed by atoms with van der Waals surface area (Å²) in [6, 6.07) is 5.34. The molecule has 0 fully saturated rings. The first-order valence-electron chi connectivity index (χ1n) is 4.20. The molecular weight excluding hydrogens is 279 g/mol. The zero-order valence-electron chi connectivity index (χ0n) is 7.91. The number of hydrogen-bond donors (Lipinski definition) is 1. The van der Waals surface area contributed by atoms with Gasteiger partial charge in [0.25, 0.3) is 0 Å².